The van der Waals surface area contributed by atoms with Crippen LogP contribution in [0.5, 0.6) is 0 Å². The number of nitro benzene ring substituents is 1. The van der Waals surface area contributed by atoms with Gasteiger partial charge in [0.25, 0.3) is 5.69 Å². The number of nitriles is 1. The molecule has 0 N–H and O–H groups in total. The van der Waals surface area contributed by atoms with Crippen LogP contribution in [0, 0.1) is 21.4 Å². The molecule has 0 aliphatic carbocycles. The molecule has 2 aromatic rings. The number of pyridine rings is 1. The molecule has 1 aromatic heterocycles. The second-order valence-electron chi connectivity index (χ2n) is 6.70. The van der Waals surface area contributed by atoms with Crippen LogP contribution in [-0.2, 0) is 4.79 Å². The summed E-state index contributed by atoms with van der Waals surface area (Å²) in [6.07, 6.45) is 0. The summed E-state index contributed by atoms with van der Waals surface area (Å²) >= 11 is 0. The van der Waals surface area contributed by atoms with Gasteiger partial charge in [-0.25, -0.2) is 4.98 Å². The lowest BCUT2D eigenvalue weighted by Crippen LogP contribution is -2.51. The predicted molar refractivity (Wildman–Crippen MR) is 100 cm³/mol. The van der Waals surface area contributed by atoms with Gasteiger partial charge in [0.1, 0.15) is 5.82 Å². The molecule has 0 unspecified atom stereocenters. The average Bonchev–Trinajstić information content (AvgIpc) is 2.66. The van der Waals surface area contributed by atoms with Gasteiger partial charge in [-0.15, -0.1) is 0 Å². The van der Waals surface area contributed by atoms with Gasteiger partial charge in [0.05, 0.1) is 28.6 Å². The highest BCUT2D eigenvalue weighted by Crippen LogP contribution is 2.26. The fraction of sp³-hybridized carbons (Fsp3) is 0.389. The molecule has 1 aromatic carbocycles. The van der Waals surface area contributed by atoms with E-state index < -0.39 is 4.92 Å². The third-order valence-corrected chi connectivity index (χ3v) is 4.52. The number of hydrogen-bond donors (Lipinski definition) is 0. The maximum absolute atomic E-state index is 12.2. The Hall–Kier alpha value is -3.25. The number of hydrogen-bond acceptors (Lipinski definition) is 7. The van der Waals surface area contributed by atoms with Crippen LogP contribution in [0.2, 0.25) is 0 Å². The lowest BCUT2D eigenvalue weighted by atomic mass is 10.1. The average molecular weight is 368 g/mol. The van der Waals surface area contributed by atoms with Crippen LogP contribution in [0.1, 0.15) is 5.56 Å². The predicted octanol–water partition coefficient (Wildman–Crippen LogP) is 1.22. The number of fused-ring (bicyclic) bond motifs is 1. The molecule has 9 nitrogen and oxygen atoms in total. The topological polar surface area (TPSA) is 107 Å². The van der Waals surface area contributed by atoms with E-state index in [1.807, 2.05) is 28.8 Å². The Balaban J connectivity index is 1.82. The molecule has 9 heteroatoms. The van der Waals surface area contributed by atoms with Crippen LogP contribution in [0.4, 0.5) is 11.5 Å². The number of likely N-dealkylation sites (N-methyl/N-ethyl adjacent to an activating group) is 1. The molecule has 0 radical (unpaired) electrons. The van der Waals surface area contributed by atoms with E-state index in [9.17, 15) is 20.2 Å². The largest absolute Gasteiger partial charge is 0.353 e. The van der Waals surface area contributed by atoms with Crippen molar-refractivity contribution in [3.8, 4) is 6.07 Å². The van der Waals surface area contributed by atoms with Crippen molar-refractivity contribution in [3.05, 3.63) is 39.9 Å². The first-order valence-electron chi connectivity index (χ1n) is 8.56. The van der Waals surface area contributed by atoms with Crippen molar-refractivity contribution in [1.82, 2.24) is 14.8 Å². The number of nitro groups is 1. The molecular formula is C18H20N6O3. The minimum atomic E-state index is -0.488. The van der Waals surface area contributed by atoms with Gasteiger partial charge >= 0.3 is 0 Å². The van der Waals surface area contributed by atoms with Gasteiger partial charge < -0.3 is 14.7 Å². The molecule has 0 atom stereocenters. The molecule has 1 aliphatic heterocycles. The molecule has 1 amide bonds. The Kier molecular flexibility index (Phi) is 5.19. The Labute approximate surface area is 156 Å². The van der Waals surface area contributed by atoms with Crippen LogP contribution in [-0.4, -0.2) is 72.4 Å². The first-order chi connectivity index (χ1) is 12.9. The number of piperazine rings is 1. The standard InChI is InChI=1S/C18H20N6O3/c1-21(2)12-18(25)23-7-5-22(6-8-23)17-9-13(11-19)15-10-14(24(26)27)3-4-16(15)20-17/h3-4,9-10H,5-8,12H2,1-2H3. The Morgan fingerprint density at radius 1 is 1.30 bits per heavy atom. The number of rotatable bonds is 4. The van der Waals surface area contributed by atoms with Gasteiger partial charge in [-0.1, -0.05) is 0 Å². The third-order valence-electron chi connectivity index (χ3n) is 4.52. The van der Waals surface area contributed by atoms with E-state index in [4.69, 9.17) is 0 Å². The number of carbonyl (C=O) groups excluding carboxylic acids is 1. The minimum Gasteiger partial charge on any atom is -0.353 e. The summed E-state index contributed by atoms with van der Waals surface area (Å²) < 4.78 is 0. The van der Waals surface area contributed by atoms with E-state index in [1.165, 1.54) is 12.1 Å². The Bertz CT molecular complexity index is 929. The van der Waals surface area contributed by atoms with E-state index in [0.717, 1.165) is 0 Å². The molecule has 27 heavy (non-hydrogen) atoms. The molecule has 1 aliphatic rings. The number of aromatic nitrogens is 1. The Morgan fingerprint density at radius 3 is 2.59 bits per heavy atom. The van der Waals surface area contributed by atoms with Crippen LogP contribution < -0.4 is 4.90 Å². The molecule has 2 heterocycles. The number of nitrogens with zero attached hydrogens (tertiary/aromatic N) is 6. The lowest BCUT2D eigenvalue weighted by Gasteiger charge is -2.36. The van der Waals surface area contributed by atoms with Gasteiger partial charge in [0.2, 0.25) is 5.91 Å². The maximum atomic E-state index is 12.2. The van der Waals surface area contributed by atoms with Gasteiger partial charge in [0, 0.05) is 43.7 Å². The van der Waals surface area contributed by atoms with Crippen molar-refractivity contribution in [2.45, 2.75) is 0 Å². The number of benzene rings is 1. The van der Waals surface area contributed by atoms with Crippen molar-refractivity contribution in [3.63, 3.8) is 0 Å². The zero-order valence-corrected chi connectivity index (χ0v) is 15.3. The van der Waals surface area contributed by atoms with E-state index in [2.05, 4.69) is 11.1 Å². The van der Waals surface area contributed by atoms with Crippen molar-refractivity contribution in [1.29, 1.82) is 5.26 Å². The van der Waals surface area contributed by atoms with Gasteiger partial charge in [-0.3, -0.25) is 14.9 Å². The summed E-state index contributed by atoms with van der Waals surface area (Å²) in [5, 5.41) is 20.9. The van der Waals surface area contributed by atoms with E-state index in [1.54, 1.807) is 12.1 Å². The first-order valence-corrected chi connectivity index (χ1v) is 8.56. The van der Waals surface area contributed by atoms with Gasteiger partial charge in [0.15, 0.2) is 0 Å². The van der Waals surface area contributed by atoms with Crippen LogP contribution in [0.3, 0.4) is 0 Å². The molecule has 0 bridgehead atoms. The van der Waals surface area contributed by atoms with Crippen LogP contribution >= 0.6 is 0 Å². The lowest BCUT2D eigenvalue weighted by molar-refractivity contribution is -0.384. The minimum absolute atomic E-state index is 0.0680. The number of amides is 1. The zero-order chi connectivity index (χ0) is 19.6. The smallest absolute Gasteiger partial charge is 0.270 e. The fourth-order valence-corrected chi connectivity index (χ4v) is 3.12. The maximum Gasteiger partial charge on any atom is 0.270 e. The normalized spacial score (nSPS) is 14.4. The second-order valence-corrected chi connectivity index (χ2v) is 6.70. The second kappa shape index (κ2) is 7.55. The first kappa shape index (κ1) is 18.5. The summed E-state index contributed by atoms with van der Waals surface area (Å²) in [5.74, 6) is 0.740. The summed E-state index contributed by atoms with van der Waals surface area (Å²) in [6, 6.07) is 8.09. The summed E-state index contributed by atoms with van der Waals surface area (Å²) in [4.78, 5) is 32.9. The molecule has 3 rings (SSSR count). The van der Waals surface area contributed by atoms with E-state index in [-0.39, 0.29) is 11.6 Å². The van der Waals surface area contributed by atoms with E-state index in [0.29, 0.717) is 55.0 Å². The van der Waals surface area contributed by atoms with Crippen molar-refractivity contribution in [2.75, 3.05) is 51.7 Å². The quantitative estimate of drug-likeness (QED) is 0.590. The van der Waals surface area contributed by atoms with Crippen LogP contribution in [0.25, 0.3) is 10.9 Å². The molecule has 1 fully saturated rings. The summed E-state index contributed by atoms with van der Waals surface area (Å²) in [6.45, 7) is 2.81. The van der Waals surface area contributed by atoms with Gasteiger partial charge in [-0.05, 0) is 26.2 Å². The zero-order valence-electron chi connectivity index (χ0n) is 15.3. The molecule has 0 saturated carbocycles. The highest BCUT2D eigenvalue weighted by molar-refractivity contribution is 5.88. The van der Waals surface area contributed by atoms with Crippen molar-refractivity contribution in [2.24, 2.45) is 0 Å². The Morgan fingerprint density at radius 2 is 2.00 bits per heavy atom. The SMILES string of the molecule is CN(C)CC(=O)N1CCN(c2cc(C#N)c3cc([N+](=O)[O-])ccc3n2)CC1. The molecule has 1 saturated heterocycles. The van der Waals surface area contributed by atoms with Crippen LogP contribution in [0.15, 0.2) is 24.3 Å². The third kappa shape index (κ3) is 3.96. The fourth-order valence-electron chi connectivity index (χ4n) is 3.12. The summed E-state index contributed by atoms with van der Waals surface area (Å²) in [7, 11) is 3.72. The summed E-state index contributed by atoms with van der Waals surface area (Å²) in [5.41, 5.74) is 0.826. The number of carbonyl (C=O) groups is 1. The monoisotopic (exact) mass is 368 g/mol. The van der Waals surface area contributed by atoms with Gasteiger partial charge in [-0.2, -0.15) is 5.26 Å². The molecular weight excluding hydrogens is 348 g/mol. The number of non-ortho nitro benzene ring substituents is 1. The molecule has 140 valence electrons. The highest BCUT2D eigenvalue weighted by atomic mass is 16.6. The van der Waals surface area contributed by atoms with E-state index >= 15 is 0 Å². The molecule has 0 spiro atoms. The highest BCUT2D eigenvalue weighted by Gasteiger charge is 2.23. The van der Waals surface area contributed by atoms with Crippen molar-refractivity contribution >= 4 is 28.3 Å². The number of anilines is 1. The van der Waals surface area contributed by atoms with Crippen molar-refractivity contribution < 1.29 is 9.72 Å².